The number of hydrogen-bond acceptors (Lipinski definition) is 1. The van der Waals surface area contributed by atoms with E-state index in [4.69, 9.17) is 11.6 Å². The fourth-order valence-corrected chi connectivity index (χ4v) is 2.56. The van der Waals surface area contributed by atoms with Crippen molar-refractivity contribution in [3.63, 3.8) is 0 Å². The number of Topliss-reactive ketones (excluding diaryl/α,β-unsaturated/α-hetero) is 1. The van der Waals surface area contributed by atoms with Crippen LogP contribution in [0.5, 0.6) is 0 Å². The van der Waals surface area contributed by atoms with Gasteiger partial charge < -0.3 is 4.57 Å². The SMILES string of the molecule is CC(=O)c1cn(CCBr)cc1-c1ccccc1Cl. The second-order valence-corrected chi connectivity index (χ2v) is 5.25. The van der Waals surface area contributed by atoms with E-state index in [1.54, 1.807) is 6.92 Å². The van der Waals surface area contributed by atoms with Crippen molar-refractivity contribution >= 4 is 33.3 Å². The maximum Gasteiger partial charge on any atom is 0.161 e. The molecule has 1 aromatic carbocycles. The van der Waals surface area contributed by atoms with Gasteiger partial charge in [0.05, 0.1) is 0 Å². The Morgan fingerprint density at radius 2 is 2.00 bits per heavy atom. The molecule has 0 amide bonds. The van der Waals surface area contributed by atoms with Crippen LogP contribution in [0.3, 0.4) is 0 Å². The monoisotopic (exact) mass is 325 g/mol. The Kier molecular flexibility index (Phi) is 4.25. The number of nitrogens with zero attached hydrogens (tertiary/aromatic N) is 1. The van der Waals surface area contributed by atoms with Gasteiger partial charge in [-0.25, -0.2) is 0 Å². The number of aryl methyl sites for hydroxylation is 1. The molecule has 0 spiro atoms. The van der Waals surface area contributed by atoms with Gasteiger partial charge in [0.2, 0.25) is 0 Å². The first-order chi connectivity index (χ1) is 8.63. The van der Waals surface area contributed by atoms with Crippen LogP contribution < -0.4 is 0 Å². The summed E-state index contributed by atoms with van der Waals surface area (Å²) in [7, 11) is 0. The van der Waals surface area contributed by atoms with Gasteiger partial charge in [0.15, 0.2) is 5.78 Å². The lowest BCUT2D eigenvalue weighted by Crippen LogP contribution is -1.95. The maximum atomic E-state index is 11.7. The van der Waals surface area contributed by atoms with Crippen molar-refractivity contribution in [1.29, 1.82) is 0 Å². The van der Waals surface area contributed by atoms with Gasteiger partial charge in [-0.2, -0.15) is 0 Å². The van der Waals surface area contributed by atoms with Crippen molar-refractivity contribution in [1.82, 2.24) is 4.57 Å². The van der Waals surface area contributed by atoms with Crippen molar-refractivity contribution in [3.05, 3.63) is 47.2 Å². The maximum absolute atomic E-state index is 11.7. The molecule has 18 heavy (non-hydrogen) atoms. The summed E-state index contributed by atoms with van der Waals surface area (Å²) in [6, 6.07) is 7.58. The molecule has 0 N–H and O–H groups in total. The summed E-state index contributed by atoms with van der Waals surface area (Å²) in [4.78, 5) is 11.7. The Bertz CT molecular complexity index is 577. The van der Waals surface area contributed by atoms with Crippen molar-refractivity contribution in [2.24, 2.45) is 0 Å². The Balaban J connectivity index is 2.55. The van der Waals surface area contributed by atoms with Gasteiger partial charge in [0.25, 0.3) is 0 Å². The number of halogens is 2. The van der Waals surface area contributed by atoms with Gasteiger partial charge in [-0.1, -0.05) is 45.7 Å². The van der Waals surface area contributed by atoms with Crippen molar-refractivity contribution < 1.29 is 4.79 Å². The normalized spacial score (nSPS) is 10.6. The number of alkyl halides is 1. The molecule has 0 aliphatic carbocycles. The number of ketones is 1. The predicted molar refractivity (Wildman–Crippen MR) is 78.7 cm³/mol. The highest BCUT2D eigenvalue weighted by Crippen LogP contribution is 2.31. The summed E-state index contributed by atoms with van der Waals surface area (Å²) in [5.41, 5.74) is 2.51. The lowest BCUT2D eigenvalue weighted by atomic mass is 10.0. The summed E-state index contributed by atoms with van der Waals surface area (Å²) in [6.07, 6.45) is 3.85. The molecule has 1 aromatic heterocycles. The van der Waals surface area contributed by atoms with E-state index in [1.165, 1.54) is 0 Å². The van der Waals surface area contributed by atoms with E-state index in [1.807, 2.05) is 41.2 Å². The highest BCUT2D eigenvalue weighted by molar-refractivity contribution is 9.09. The second kappa shape index (κ2) is 5.72. The van der Waals surface area contributed by atoms with Crippen LogP contribution in [0, 0.1) is 0 Å². The van der Waals surface area contributed by atoms with E-state index >= 15 is 0 Å². The molecule has 2 rings (SSSR count). The van der Waals surface area contributed by atoms with Crippen LogP contribution in [0.15, 0.2) is 36.7 Å². The van der Waals surface area contributed by atoms with E-state index in [9.17, 15) is 4.79 Å². The quantitative estimate of drug-likeness (QED) is 0.602. The Hall–Kier alpha value is -1.06. The lowest BCUT2D eigenvalue weighted by Gasteiger charge is -2.03. The Labute approximate surface area is 120 Å². The van der Waals surface area contributed by atoms with E-state index in [2.05, 4.69) is 15.9 Å². The van der Waals surface area contributed by atoms with Gasteiger partial charge >= 0.3 is 0 Å². The molecule has 0 bridgehead atoms. The molecule has 2 nitrogen and oxygen atoms in total. The highest BCUT2D eigenvalue weighted by atomic mass is 79.9. The standard InChI is InChI=1S/C14H13BrClNO/c1-10(18)12-8-17(7-6-15)9-13(12)11-4-2-3-5-14(11)16/h2-5,8-9H,6-7H2,1H3. The van der Waals surface area contributed by atoms with Crippen LogP contribution in [0.4, 0.5) is 0 Å². The Morgan fingerprint density at radius 1 is 1.28 bits per heavy atom. The van der Waals surface area contributed by atoms with E-state index in [0.29, 0.717) is 10.6 Å². The molecule has 0 saturated heterocycles. The predicted octanol–water partition coefficient (Wildman–Crippen LogP) is 4.41. The number of aromatic nitrogens is 1. The minimum Gasteiger partial charge on any atom is -0.352 e. The van der Waals surface area contributed by atoms with Crippen molar-refractivity contribution in [3.8, 4) is 11.1 Å². The average Bonchev–Trinajstić information content (AvgIpc) is 2.74. The van der Waals surface area contributed by atoms with Gasteiger partial charge in [0, 0.05) is 46.0 Å². The molecule has 0 atom stereocenters. The van der Waals surface area contributed by atoms with Gasteiger partial charge in [-0.05, 0) is 13.0 Å². The van der Waals surface area contributed by atoms with Crippen LogP contribution in [0.2, 0.25) is 5.02 Å². The van der Waals surface area contributed by atoms with Crippen molar-refractivity contribution in [2.45, 2.75) is 13.5 Å². The third-order valence-electron chi connectivity index (χ3n) is 2.77. The van der Waals surface area contributed by atoms with E-state index in [-0.39, 0.29) is 5.78 Å². The molecule has 1 heterocycles. The van der Waals surface area contributed by atoms with E-state index < -0.39 is 0 Å². The van der Waals surface area contributed by atoms with Gasteiger partial charge in [0.1, 0.15) is 0 Å². The molecule has 4 heteroatoms. The number of carbonyl (C=O) groups is 1. The number of benzene rings is 1. The fraction of sp³-hybridized carbons (Fsp3) is 0.214. The van der Waals surface area contributed by atoms with Crippen molar-refractivity contribution in [2.75, 3.05) is 5.33 Å². The molecular weight excluding hydrogens is 314 g/mol. The molecular formula is C14H13BrClNO. The topological polar surface area (TPSA) is 22.0 Å². The summed E-state index contributed by atoms with van der Waals surface area (Å²) >= 11 is 9.59. The highest BCUT2D eigenvalue weighted by Gasteiger charge is 2.14. The smallest absolute Gasteiger partial charge is 0.161 e. The van der Waals surface area contributed by atoms with Gasteiger partial charge in [-0.15, -0.1) is 0 Å². The van der Waals surface area contributed by atoms with Crippen LogP contribution in [-0.2, 0) is 6.54 Å². The second-order valence-electron chi connectivity index (χ2n) is 4.05. The molecule has 0 fully saturated rings. The molecule has 0 aliphatic rings. The first-order valence-electron chi connectivity index (χ1n) is 5.65. The lowest BCUT2D eigenvalue weighted by molar-refractivity contribution is 0.101. The molecule has 0 radical (unpaired) electrons. The summed E-state index contributed by atoms with van der Waals surface area (Å²) < 4.78 is 2.00. The largest absolute Gasteiger partial charge is 0.352 e. The zero-order valence-corrected chi connectivity index (χ0v) is 12.3. The minimum atomic E-state index is 0.0539. The summed E-state index contributed by atoms with van der Waals surface area (Å²) in [5.74, 6) is 0.0539. The molecule has 0 aliphatic heterocycles. The minimum absolute atomic E-state index is 0.0539. The molecule has 0 saturated carbocycles. The van der Waals surface area contributed by atoms with Crippen LogP contribution in [0.1, 0.15) is 17.3 Å². The number of rotatable bonds is 4. The summed E-state index contributed by atoms with van der Waals surface area (Å²) in [6.45, 7) is 2.40. The number of hydrogen-bond donors (Lipinski definition) is 0. The number of carbonyl (C=O) groups excluding carboxylic acids is 1. The fourth-order valence-electron chi connectivity index (χ4n) is 1.91. The molecule has 0 unspecified atom stereocenters. The molecule has 94 valence electrons. The third kappa shape index (κ3) is 2.68. The zero-order valence-electron chi connectivity index (χ0n) is 9.99. The van der Waals surface area contributed by atoms with Crippen LogP contribution >= 0.6 is 27.5 Å². The van der Waals surface area contributed by atoms with Gasteiger partial charge in [-0.3, -0.25) is 4.79 Å². The van der Waals surface area contributed by atoms with Crippen LogP contribution in [-0.4, -0.2) is 15.7 Å². The van der Waals surface area contributed by atoms with Crippen LogP contribution in [0.25, 0.3) is 11.1 Å². The van der Waals surface area contributed by atoms with E-state index in [0.717, 1.165) is 23.0 Å². The first kappa shape index (κ1) is 13.4. The molecule has 2 aromatic rings. The first-order valence-corrected chi connectivity index (χ1v) is 7.15. The zero-order chi connectivity index (χ0) is 13.1. The Morgan fingerprint density at radius 3 is 2.61 bits per heavy atom. The third-order valence-corrected chi connectivity index (χ3v) is 3.45. The summed E-state index contributed by atoms with van der Waals surface area (Å²) in [5, 5.41) is 1.51. The average molecular weight is 327 g/mol.